The number of alkyl halides is 3. The highest BCUT2D eigenvalue weighted by Crippen LogP contribution is 2.36. The summed E-state index contributed by atoms with van der Waals surface area (Å²) in [5.74, 6) is 0.132. The minimum atomic E-state index is -4.63. The second-order valence-corrected chi connectivity index (χ2v) is 5.79. The van der Waals surface area contributed by atoms with Crippen molar-refractivity contribution in [3.8, 4) is 0 Å². The first-order valence-corrected chi connectivity index (χ1v) is 7.19. The van der Waals surface area contributed by atoms with Crippen molar-refractivity contribution in [1.82, 2.24) is 15.1 Å². The maximum absolute atomic E-state index is 12.8. The Kier molecular flexibility index (Phi) is 4.51. The van der Waals surface area contributed by atoms with Gasteiger partial charge < -0.3 is 5.32 Å². The van der Waals surface area contributed by atoms with E-state index in [1.54, 1.807) is 0 Å². The van der Waals surface area contributed by atoms with Gasteiger partial charge in [0.05, 0.1) is 10.7 Å². The van der Waals surface area contributed by atoms with Crippen molar-refractivity contribution >= 4 is 17.5 Å². The number of carbonyl (C=O) groups is 1. The summed E-state index contributed by atoms with van der Waals surface area (Å²) in [5, 5.41) is 5.76. The highest BCUT2D eigenvalue weighted by molar-refractivity contribution is 6.32. The molecule has 118 valence electrons. The number of aromatic nitrogens is 2. The predicted molar refractivity (Wildman–Crippen MR) is 72.0 cm³/mol. The molecule has 1 N–H and O–H groups in total. The van der Waals surface area contributed by atoms with Crippen molar-refractivity contribution in [3.05, 3.63) is 16.4 Å². The molecule has 4 nitrogen and oxygen atoms in total. The number of rotatable bonds is 4. The fourth-order valence-corrected chi connectivity index (χ4v) is 2.49. The van der Waals surface area contributed by atoms with Gasteiger partial charge in [0.25, 0.3) is 0 Å². The fourth-order valence-electron chi connectivity index (χ4n) is 2.26. The minimum Gasteiger partial charge on any atom is -0.354 e. The maximum atomic E-state index is 12.8. The first-order chi connectivity index (χ1) is 9.71. The summed E-state index contributed by atoms with van der Waals surface area (Å²) in [4.78, 5) is 12.0. The summed E-state index contributed by atoms with van der Waals surface area (Å²) in [7, 11) is 0. The molecule has 0 spiro atoms. The van der Waals surface area contributed by atoms with Gasteiger partial charge in [0, 0.05) is 6.54 Å². The summed E-state index contributed by atoms with van der Waals surface area (Å²) in [6.07, 6.45) is -1.30. The average molecular weight is 324 g/mol. The molecule has 1 atom stereocenters. The van der Waals surface area contributed by atoms with Gasteiger partial charge in [0.1, 0.15) is 6.04 Å². The number of amides is 1. The smallest absolute Gasteiger partial charge is 0.354 e. The van der Waals surface area contributed by atoms with Gasteiger partial charge in [-0.3, -0.25) is 9.48 Å². The largest absolute Gasteiger partial charge is 0.436 e. The van der Waals surface area contributed by atoms with Gasteiger partial charge in [-0.05, 0) is 32.6 Å². The molecule has 21 heavy (non-hydrogen) atoms. The van der Waals surface area contributed by atoms with Crippen molar-refractivity contribution in [3.63, 3.8) is 0 Å². The zero-order chi connectivity index (χ0) is 15.8. The molecule has 0 aromatic carbocycles. The van der Waals surface area contributed by atoms with Crippen LogP contribution in [0, 0.1) is 12.8 Å². The van der Waals surface area contributed by atoms with E-state index in [1.165, 1.54) is 20.3 Å². The minimum absolute atomic E-state index is 0.135. The number of nitrogens with one attached hydrogen (secondary N) is 1. The first-order valence-electron chi connectivity index (χ1n) is 6.81. The Morgan fingerprint density at radius 1 is 1.52 bits per heavy atom. The molecule has 0 radical (unpaired) electrons. The molecular formula is C13H17ClF3N3O. The lowest BCUT2D eigenvalue weighted by Gasteiger charge is -2.26. The molecule has 1 saturated carbocycles. The summed E-state index contributed by atoms with van der Waals surface area (Å²) in [5.41, 5.74) is -1.02. The third kappa shape index (κ3) is 3.33. The van der Waals surface area contributed by atoms with E-state index in [9.17, 15) is 18.0 Å². The van der Waals surface area contributed by atoms with E-state index in [2.05, 4.69) is 10.4 Å². The van der Waals surface area contributed by atoms with Gasteiger partial charge in [-0.1, -0.05) is 18.0 Å². The van der Waals surface area contributed by atoms with Crippen molar-refractivity contribution in [2.45, 2.75) is 45.3 Å². The summed E-state index contributed by atoms with van der Waals surface area (Å²) in [6, 6.07) is -0.835. The molecule has 1 heterocycles. The molecule has 1 unspecified atom stereocenters. The molecule has 1 aromatic rings. The normalized spacial score (nSPS) is 17.4. The fraction of sp³-hybridized carbons (Fsp3) is 0.692. The van der Waals surface area contributed by atoms with Gasteiger partial charge in [0.15, 0.2) is 5.69 Å². The van der Waals surface area contributed by atoms with Crippen LogP contribution in [0.2, 0.25) is 5.02 Å². The SMILES string of the molecule is Cc1c(Cl)c(C(F)(F)F)nn1C(C)C(=O)NCC1CCC1. The predicted octanol–water partition coefficient (Wildman–Crippen LogP) is 3.34. The van der Waals surface area contributed by atoms with E-state index in [1.807, 2.05) is 0 Å². The van der Waals surface area contributed by atoms with Crippen LogP contribution in [0.15, 0.2) is 0 Å². The third-order valence-electron chi connectivity index (χ3n) is 3.88. The van der Waals surface area contributed by atoms with Gasteiger partial charge in [-0.15, -0.1) is 0 Å². The summed E-state index contributed by atoms with van der Waals surface area (Å²) in [6.45, 7) is 3.48. The lowest BCUT2D eigenvalue weighted by atomic mass is 9.85. The van der Waals surface area contributed by atoms with Crippen molar-refractivity contribution in [2.24, 2.45) is 5.92 Å². The van der Waals surface area contributed by atoms with E-state index in [0.717, 1.165) is 17.5 Å². The van der Waals surface area contributed by atoms with Crippen molar-refractivity contribution in [2.75, 3.05) is 6.54 Å². The van der Waals surface area contributed by atoms with Crippen molar-refractivity contribution < 1.29 is 18.0 Å². The first kappa shape index (κ1) is 16.1. The van der Waals surface area contributed by atoms with Crippen LogP contribution in [-0.4, -0.2) is 22.2 Å². The van der Waals surface area contributed by atoms with Crippen LogP contribution in [0.5, 0.6) is 0 Å². The number of hydrogen-bond donors (Lipinski definition) is 1. The third-order valence-corrected chi connectivity index (χ3v) is 4.33. The Hall–Kier alpha value is -1.24. The molecule has 1 aliphatic carbocycles. The number of halogens is 4. The lowest BCUT2D eigenvalue weighted by Crippen LogP contribution is -2.37. The molecule has 0 aliphatic heterocycles. The van der Waals surface area contributed by atoms with Crippen LogP contribution in [0.4, 0.5) is 13.2 Å². The quantitative estimate of drug-likeness (QED) is 0.923. The number of hydrogen-bond acceptors (Lipinski definition) is 2. The van der Waals surface area contributed by atoms with E-state index in [4.69, 9.17) is 11.6 Å². The molecule has 1 amide bonds. The Bertz CT molecular complexity index is 537. The number of nitrogens with zero attached hydrogens (tertiary/aromatic N) is 2. The van der Waals surface area contributed by atoms with Crippen molar-refractivity contribution in [1.29, 1.82) is 0 Å². The Labute approximate surface area is 125 Å². The topological polar surface area (TPSA) is 46.9 Å². The van der Waals surface area contributed by atoms with Gasteiger partial charge >= 0.3 is 6.18 Å². The zero-order valence-corrected chi connectivity index (χ0v) is 12.6. The van der Waals surface area contributed by atoms with Gasteiger partial charge in [-0.25, -0.2) is 0 Å². The average Bonchev–Trinajstić information content (AvgIpc) is 2.63. The zero-order valence-electron chi connectivity index (χ0n) is 11.8. The lowest BCUT2D eigenvalue weighted by molar-refractivity contribution is -0.141. The van der Waals surface area contributed by atoms with E-state index >= 15 is 0 Å². The number of carbonyl (C=O) groups excluding carboxylic acids is 1. The Morgan fingerprint density at radius 2 is 2.14 bits per heavy atom. The molecule has 8 heteroatoms. The summed E-state index contributed by atoms with van der Waals surface area (Å²) >= 11 is 5.67. The highest BCUT2D eigenvalue weighted by Gasteiger charge is 2.39. The van der Waals surface area contributed by atoms with Crippen LogP contribution >= 0.6 is 11.6 Å². The van der Waals surface area contributed by atoms with Crippen LogP contribution in [0.25, 0.3) is 0 Å². The van der Waals surface area contributed by atoms with Crippen LogP contribution in [0.1, 0.15) is 43.6 Å². The van der Waals surface area contributed by atoms with Crippen LogP contribution in [-0.2, 0) is 11.0 Å². The Morgan fingerprint density at radius 3 is 2.57 bits per heavy atom. The highest BCUT2D eigenvalue weighted by atomic mass is 35.5. The standard InChI is InChI=1S/C13H17ClF3N3O/c1-7-10(14)11(13(15,16)17)19-20(7)8(2)12(21)18-6-9-4-3-5-9/h8-9H,3-6H2,1-2H3,(H,18,21). The summed E-state index contributed by atoms with van der Waals surface area (Å²) < 4.78 is 39.3. The maximum Gasteiger partial charge on any atom is 0.436 e. The molecular weight excluding hydrogens is 307 g/mol. The molecule has 0 saturated heterocycles. The second-order valence-electron chi connectivity index (χ2n) is 5.41. The molecule has 1 fully saturated rings. The Balaban J connectivity index is 2.11. The second kappa shape index (κ2) is 5.87. The molecule has 1 aromatic heterocycles. The monoisotopic (exact) mass is 323 g/mol. The molecule has 1 aliphatic rings. The van der Waals surface area contributed by atoms with Crippen LogP contribution < -0.4 is 5.32 Å². The van der Waals surface area contributed by atoms with Gasteiger partial charge in [-0.2, -0.15) is 18.3 Å². The molecule has 2 rings (SSSR count). The molecule has 0 bridgehead atoms. The van der Waals surface area contributed by atoms with Gasteiger partial charge in [0.2, 0.25) is 5.91 Å². The van der Waals surface area contributed by atoms with E-state index in [-0.39, 0.29) is 11.6 Å². The van der Waals surface area contributed by atoms with E-state index < -0.39 is 22.9 Å². The van der Waals surface area contributed by atoms with Crippen LogP contribution in [0.3, 0.4) is 0 Å². The van der Waals surface area contributed by atoms with E-state index in [0.29, 0.717) is 12.5 Å².